The van der Waals surface area contributed by atoms with Gasteiger partial charge in [0.2, 0.25) is 0 Å². The third kappa shape index (κ3) is 3.50. The number of nitrogens with zero attached hydrogens (tertiary/aromatic N) is 2. The minimum Gasteiger partial charge on any atom is -0.493 e. The maximum absolute atomic E-state index is 6.13. The molecule has 26 heavy (non-hydrogen) atoms. The van der Waals surface area contributed by atoms with Crippen molar-refractivity contribution >= 4 is 28.4 Å². The van der Waals surface area contributed by atoms with Gasteiger partial charge in [0.25, 0.3) is 0 Å². The molecule has 0 spiro atoms. The van der Waals surface area contributed by atoms with Gasteiger partial charge in [-0.2, -0.15) is 0 Å². The van der Waals surface area contributed by atoms with Crippen molar-refractivity contribution in [1.82, 2.24) is 10.3 Å². The molecule has 4 rings (SSSR count). The second-order valence-electron chi connectivity index (χ2n) is 6.57. The number of nitrogens with one attached hydrogen (secondary N) is 1. The lowest BCUT2D eigenvalue weighted by Crippen LogP contribution is -2.51. The quantitative estimate of drug-likeness (QED) is 0.737. The monoisotopic (exact) mass is 371 g/mol. The highest BCUT2D eigenvalue weighted by Gasteiger charge is 2.22. The van der Waals surface area contributed by atoms with Crippen molar-refractivity contribution in [2.24, 2.45) is 0 Å². The molecule has 1 N–H and O–H groups in total. The number of halogens is 1. The van der Waals surface area contributed by atoms with Gasteiger partial charge in [0.1, 0.15) is 5.58 Å². The van der Waals surface area contributed by atoms with Crippen LogP contribution in [0.2, 0.25) is 5.02 Å². The zero-order valence-electron chi connectivity index (χ0n) is 14.7. The van der Waals surface area contributed by atoms with Gasteiger partial charge in [-0.1, -0.05) is 11.6 Å². The number of aromatic nitrogens is 1. The molecule has 1 fully saturated rings. The highest BCUT2D eigenvalue weighted by atomic mass is 35.5. The topological polar surface area (TPSA) is 50.5 Å². The van der Waals surface area contributed by atoms with Crippen molar-refractivity contribution in [2.45, 2.75) is 18.9 Å². The summed E-state index contributed by atoms with van der Waals surface area (Å²) in [6.45, 7) is 2.76. The average molecular weight is 372 g/mol. The van der Waals surface area contributed by atoms with E-state index in [1.54, 1.807) is 7.11 Å². The van der Waals surface area contributed by atoms with Crippen LogP contribution in [0.25, 0.3) is 11.0 Å². The zero-order valence-corrected chi connectivity index (χ0v) is 15.5. The number of aryl methyl sites for hydroxylation is 1. The molecule has 0 radical (unpaired) electrons. The molecule has 0 amide bonds. The standard InChI is InChI=1S/C20H22ClN3O2/c1-25-19-3-2-8-23-20(19)24-10-9-22-16(12-24)6-4-14-13-26-18-7-5-15(21)11-17(14)18/h2-3,5,7-8,11,13,16,22H,4,6,9-10,12H2,1H3. The zero-order chi connectivity index (χ0) is 17.9. The van der Waals surface area contributed by atoms with E-state index in [1.807, 2.05) is 42.8 Å². The lowest BCUT2D eigenvalue weighted by atomic mass is 10.0. The maximum atomic E-state index is 6.13. The van der Waals surface area contributed by atoms with Crippen LogP contribution in [0.5, 0.6) is 5.75 Å². The summed E-state index contributed by atoms with van der Waals surface area (Å²) in [5.74, 6) is 1.74. The second-order valence-corrected chi connectivity index (χ2v) is 7.00. The van der Waals surface area contributed by atoms with Gasteiger partial charge in [0, 0.05) is 42.3 Å². The summed E-state index contributed by atoms with van der Waals surface area (Å²) in [7, 11) is 1.69. The van der Waals surface area contributed by atoms with Crippen LogP contribution in [-0.4, -0.2) is 37.8 Å². The minimum absolute atomic E-state index is 0.389. The van der Waals surface area contributed by atoms with E-state index in [4.69, 9.17) is 20.8 Å². The molecule has 136 valence electrons. The molecule has 5 nitrogen and oxygen atoms in total. The summed E-state index contributed by atoms with van der Waals surface area (Å²) < 4.78 is 11.1. The van der Waals surface area contributed by atoms with Crippen molar-refractivity contribution in [2.75, 3.05) is 31.6 Å². The Morgan fingerprint density at radius 1 is 1.38 bits per heavy atom. The molecule has 1 saturated heterocycles. The number of pyridine rings is 1. The van der Waals surface area contributed by atoms with Gasteiger partial charge in [-0.05, 0) is 48.7 Å². The van der Waals surface area contributed by atoms with E-state index in [2.05, 4.69) is 15.2 Å². The molecule has 1 aromatic carbocycles. The van der Waals surface area contributed by atoms with E-state index in [1.165, 1.54) is 5.56 Å². The second kappa shape index (κ2) is 7.56. The number of hydrogen-bond donors (Lipinski definition) is 1. The van der Waals surface area contributed by atoms with E-state index in [0.29, 0.717) is 6.04 Å². The van der Waals surface area contributed by atoms with Crippen LogP contribution in [0.3, 0.4) is 0 Å². The lowest BCUT2D eigenvalue weighted by molar-refractivity contribution is 0.400. The molecule has 3 aromatic rings. The van der Waals surface area contributed by atoms with Gasteiger partial charge in [-0.3, -0.25) is 0 Å². The highest BCUT2D eigenvalue weighted by molar-refractivity contribution is 6.31. The van der Waals surface area contributed by atoms with E-state index < -0.39 is 0 Å². The van der Waals surface area contributed by atoms with Gasteiger partial charge in [0.15, 0.2) is 11.6 Å². The summed E-state index contributed by atoms with van der Waals surface area (Å²) in [4.78, 5) is 6.81. The summed E-state index contributed by atoms with van der Waals surface area (Å²) in [6.07, 6.45) is 5.63. The van der Waals surface area contributed by atoms with Crippen LogP contribution < -0.4 is 15.0 Å². The number of rotatable bonds is 5. The Hall–Kier alpha value is -2.24. The Balaban J connectivity index is 1.44. The van der Waals surface area contributed by atoms with Crippen molar-refractivity contribution in [3.8, 4) is 5.75 Å². The van der Waals surface area contributed by atoms with Crippen LogP contribution in [-0.2, 0) is 6.42 Å². The molecular weight excluding hydrogens is 350 g/mol. The number of anilines is 1. The molecule has 2 aromatic heterocycles. The van der Waals surface area contributed by atoms with Crippen molar-refractivity contribution in [3.63, 3.8) is 0 Å². The molecule has 0 bridgehead atoms. The molecule has 6 heteroatoms. The Morgan fingerprint density at radius 3 is 3.19 bits per heavy atom. The SMILES string of the molecule is COc1cccnc1N1CCNC(CCc2coc3ccc(Cl)cc23)C1. The van der Waals surface area contributed by atoms with E-state index in [9.17, 15) is 0 Å². The molecule has 1 atom stereocenters. The van der Waals surface area contributed by atoms with Crippen LogP contribution in [0.1, 0.15) is 12.0 Å². The fourth-order valence-corrected chi connectivity index (χ4v) is 3.74. The van der Waals surface area contributed by atoms with Gasteiger partial charge >= 0.3 is 0 Å². The van der Waals surface area contributed by atoms with Crippen LogP contribution in [0, 0.1) is 0 Å². The fourth-order valence-electron chi connectivity index (χ4n) is 3.57. The number of piperazine rings is 1. The predicted octanol–water partition coefficient (Wildman–Crippen LogP) is 3.90. The first-order valence-electron chi connectivity index (χ1n) is 8.87. The normalized spacial score (nSPS) is 17.6. The lowest BCUT2D eigenvalue weighted by Gasteiger charge is -2.35. The summed E-state index contributed by atoms with van der Waals surface area (Å²) >= 11 is 6.13. The van der Waals surface area contributed by atoms with Gasteiger partial charge < -0.3 is 19.4 Å². The summed E-state index contributed by atoms with van der Waals surface area (Å²) in [5, 5.41) is 5.46. The van der Waals surface area contributed by atoms with Gasteiger partial charge in [-0.15, -0.1) is 0 Å². The number of hydrogen-bond acceptors (Lipinski definition) is 5. The van der Waals surface area contributed by atoms with Crippen LogP contribution in [0.15, 0.2) is 47.2 Å². The van der Waals surface area contributed by atoms with E-state index in [0.717, 1.165) is 60.0 Å². The number of ether oxygens (including phenoxy) is 1. The molecule has 0 aliphatic carbocycles. The van der Waals surface area contributed by atoms with Crippen molar-refractivity contribution in [1.29, 1.82) is 0 Å². The minimum atomic E-state index is 0.389. The molecule has 3 heterocycles. The Bertz CT molecular complexity index is 896. The molecule has 1 aliphatic heterocycles. The third-order valence-electron chi connectivity index (χ3n) is 4.90. The average Bonchev–Trinajstić information content (AvgIpc) is 3.08. The predicted molar refractivity (Wildman–Crippen MR) is 104 cm³/mol. The number of methoxy groups -OCH3 is 1. The first-order chi connectivity index (χ1) is 12.7. The Labute approximate surface area is 157 Å². The Morgan fingerprint density at radius 2 is 2.31 bits per heavy atom. The fraction of sp³-hybridized carbons (Fsp3) is 0.350. The molecule has 1 aliphatic rings. The van der Waals surface area contributed by atoms with Crippen molar-refractivity contribution in [3.05, 3.63) is 53.4 Å². The molecule has 1 unspecified atom stereocenters. The third-order valence-corrected chi connectivity index (χ3v) is 5.14. The summed E-state index contributed by atoms with van der Waals surface area (Å²) in [5.41, 5.74) is 2.10. The largest absolute Gasteiger partial charge is 0.493 e. The maximum Gasteiger partial charge on any atom is 0.171 e. The number of furan rings is 1. The Kier molecular flexibility index (Phi) is 5.00. The van der Waals surface area contributed by atoms with Crippen LogP contribution >= 0.6 is 11.6 Å². The van der Waals surface area contributed by atoms with E-state index in [-0.39, 0.29) is 0 Å². The smallest absolute Gasteiger partial charge is 0.171 e. The van der Waals surface area contributed by atoms with Crippen molar-refractivity contribution < 1.29 is 9.15 Å². The van der Waals surface area contributed by atoms with Gasteiger partial charge in [0.05, 0.1) is 13.4 Å². The number of fused-ring (bicyclic) bond motifs is 1. The van der Waals surface area contributed by atoms with E-state index >= 15 is 0 Å². The molecule has 0 saturated carbocycles. The van der Waals surface area contributed by atoms with Gasteiger partial charge in [-0.25, -0.2) is 4.98 Å². The molecular formula is C20H22ClN3O2. The van der Waals surface area contributed by atoms with Crippen LogP contribution in [0.4, 0.5) is 5.82 Å². The first-order valence-corrected chi connectivity index (χ1v) is 9.25. The first kappa shape index (κ1) is 17.2. The summed E-state index contributed by atoms with van der Waals surface area (Å²) in [6, 6.07) is 10.0. The highest BCUT2D eigenvalue weighted by Crippen LogP contribution is 2.28. The number of benzene rings is 1.